The van der Waals surface area contributed by atoms with Gasteiger partial charge in [0.1, 0.15) is 11.3 Å². The summed E-state index contributed by atoms with van der Waals surface area (Å²) in [5.74, 6) is 0.946. The molecule has 0 bridgehead atoms. The van der Waals surface area contributed by atoms with E-state index in [1.807, 2.05) is 12.1 Å². The number of imidazole rings is 1. The highest BCUT2D eigenvalue weighted by atomic mass is 16.5. The number of hydrogen-bond donors (Lipinski definition) is 2. The third-order valence-electron chi connectivity index (χ3n) is 4.25. The molecule has 1 aromatic heterocycles. The number of carbonyl (C=O) groups is 1. The van der Waals surface area contributed by atoms with Gasteiger partial charge in [0.15, 0.2) is 0 Å². The van der Waals surface area contributed by atoms with Crippen LogP contribution in [0.3, 0.4) is 0 Å². The first-order valence-corrected chi connectivity index (χ1v) is 7.71. The van der Waals surface area contributed by atoms with Gasteiger partial charge in [-0.2, -0.15) is 0 Å². The summed E-state index contributed by atoms with van der Waals surface area (Å²) in [7, 11) is 1.69. The van der Waals surface area contributed by atoms with E-state index in [0.717, 1.165) is 43.8 Å². The summed E-state index contributed by atoms with van der Waals surface area (Å²) in [6.07, 6.45) is 2.25. The topological polar surface area (TPSA) is 82.2 Å². The third kappa shape index (κ3) is 2.71. The van der Waals surface area contributed by atoms with Crippen LogP contribution in [0.2, 0.25) is 0 Å². The van der Waals surface area contributed by atoms with Crippen LogP contribution >= 0.6 is 0 Å². The Kier molecular flexibility index (Phi) is 4.40. The maximum atomic E-state index is 11.7. The molecule has 2 aromatic rings. The summed E-state index contributed by atoms with van der Waals surface area (Å²) in [5.41, 5.74) is 7.63. The minimum Gasteiger partial charge on any atom is -0.383 e. The molecule has 22 heavy (non-hydrogen) atoms. The third-order valence-corrected chi connectivity index (χ3v) is 4.25. The van der Waals surface area contributed by atoms with E-state index in [1.165, 1.54) is 0 Å². The zero-order chi connectivity index (χ0) is 15.5. The molecule has 1 aromatic carbocycles. The van der Waals surface area contributed by atoms with Crippen LogP contribution < -0.4 is 11.1 Å². The molecule has 2 heterocycles. The Labute approximate surface area is 129 Å². The van der Waals surface area contributed by atoms with Crippen LogP contribution in [0.15, 0.2) is 18.2 Å². The summed E-state index contributed by atoms with van der Waals surface area (Å²) in [5, 5.41) is 3.42. The van der Waals surface area contributed by atoms with E-state index in [4.69, 9.17) is 15.5 Å². The Bertz CT molecular complexity index is 674. The second-order valence-electron chi connectivity index (χ2n) is 5.70. The van der Waals surface area contributed by atoms with Gasteiger partial charge in [0, 0.05) is 26.1 Å². The lowest BCUT2D eigenvalue weighted by atomic mass is 9.99. The minimum absolute atomic E-state index is 0.360. The standard InChI is InChI=1S/C16H22N4O2/c1-22-9-8-20-13-6-2-5-12(15(17)21)14(13)19-16(20)11-4-3-7-18-10-11/h2,5-6,11,18H,3-4,7-10H2,1H3,(H2,17,21). The number of nitrogens with one attached hydrogen (secondary N) is 1. The van der Waals surface area contributed by atoms with Gasteiger partial charge < -0.3 is 20.4 Å². The van der Waals surface area contributed by atoms with Crippen LogP contribution in [0.5, 0.6) is 0 Å². The summed E-state index contributed by atoms with van der Waals surface area (Å²) < 4.78 is 7.40. The fourth-order valence-electron chi connectivity index (χ4n) is 3.17. The van der Waals surface area contributed by atoms with Gasteiger partial charge in [-0.1, -0.05) is 6.07 Å². The van der Waals surface area contributed by atoms with Crippen molar-refractivity contribution in [2.45, 2.75) is 25.3 Å². The van der Waals surface area contributed by atoms with Crippen molar-refractivity contribution in [3.63, 3.8) is 0 Å². The number of carbonyl (C=O) groups excluding carboxylic acids is 1. The highest BCUT2D eigenvalue weighted by Gasteiger charge is 2.23. The quantitative estimate of drug-likeness (QED) is 0.871. The van der Waals surface area contributed by atoms with Crippen LogP contribution in [-0.4, -0.2) is 42.3 Å². The average Bonchev–Trinajstić information content (AvgIpc) is 2.92. The number of piperidine rings is 1. The molecule has 1 amide bonds. The molecule has 0 aliphatic carbocycles. The van der Waals surface area contributed by atoms with Crippen molar-refractivity contribution in [3.05, 3.63) is 29.6 Å². The van der Waals surface area contributed by atoms with Crippen molar-refractivity contribution >= 4 is 16.9 Å². The Balaban J connectivity index is 2.11. The molecule has 3 rings (SSSR count). The predicted molar refractivity (Wildman–Crippen MR) is 85.0 cm³/mol. The van der Waals surface area contributed by atoms with Gasteiger partial charge in [0.05, 0.1) is 17.7 Å². The number of fused-ring (bicyclic) bond motifs is 1. The number of ether oxygens (including phenoxy) is 1. The van der Waals surface area contributed by atoms with Crippen molar-refractivity contribution in [1.29, 1.82) is 0 Å². The zero-order valence-corrected chi connectivity index (χ0v) is 12.8. The van der Waals surface area contributed by atoms with E-state index in [1.54, 1.807) is 13.2 Å². The number of para-hydroxylation sites is 1. The fourth-order valence-corrected chi connectivity index (χ4v) is 3.17. The molecular formula is C16H22N4O2. The lowest BCUT2D eigenvalue weighted by Gasteiger charge is -2.23. The van der Waals surface area contributed by atoms with E-state index >= 15 is 0 Å². The second kappa shape index (κ2) is 6.46. The molecule has 0 radical (unpaired) electrons. The van der Waals surface area contributed by atoms with E-state index in [-0.39, 0.29) is 0 Å². The number of nitrogens with two attached hydrogens (primary N) is 1. The minimum atomic E-state index is -0.435. The van der Waals surface area contributed by atoms with Crippen molar-refractivity contribution < 1.29 is 9.53 Å². The Hall–Kier alpha value is -1.92. The summed E-state index contributed by atoms with van der Waals surface area (Å²) in [6.45, 7) is 3.31. The van der Waals surface area contributed by atoms with Crippen molar-refractivity contribution in [3.8, 4) is 0 Å². The number of aromatic nitrogens is 2. The maximum Gasteiger partial charge on any atom is 0.250 e. The molecule has 1 unspecified atom stereocenters. The summed E-state index contributed by atoms with van der Waals surface area (Å²) in [6, 6.07) is 5.59. The van der Waals surface area contributed by atoms with E-state index in [9.17, 15) is 4.79 Å². The van der Waals surface area contributed by atoms with Crippen LogP contribution in [0.1, 0.15) is 34.9 Å². The van der Waals surface area contributed by atoms with E-state index in [0.29, 0.717) is 23.6 Å². The molecular weight excluding hydrogens is 280 g/mol. The first kappa shape index (κ1) is 15.0. The van der Waals surface area contributed by atoms with Crippen molar-refractivity contribution in [2.24, 2.45) is 5.73 Å². The first-order valence-electron chi connectivity index (χ1n) is 7.71. The zero-order valence-electron chi connectivity index (χ0n) is 12.8. The summed E-state index contributed by atoms with van der Waals surface area (Å²) >= 11 is 0. The number of amides is 1. The van der Waals surface area contributed by atoms with E-state index in [2.05, 4.69) is 9.88 Å². The normalized spacial score (nSPS) is 18.7. The van der Waals surface area contributed by atoms with Crippen molar-refractivity contribution in [2.75, 3.05) is 26.8 Å². The van der Waals surface area contributed by atoms with Crippen LogP contribution in [0, 0.1) is 0 Å². The number of benzene rings is 1. The SMILES string of the molecule is COCCn1c(C2CCCNC2)nc2c(C(N)=O)cccc21. The predicted octanol–water partition coefficient (Wildman–Crippen LogP) is 1.25. The molecule has 1 fully saturated rings. The van der Waals surface area contributed by atoms with Crippen LogP contribution in [0.25, 0.3) is 11.0 Å². The molecule has 3 N–H and O–H groups in total. The molecule has 1 saturated heterocycles. The Morgan fingerprint density at radius 2 is 2.41 bits per heavy atom. The lowest BCUT2D eigenvalue weighted by molar-refractivity contribution is 0.100. The Morgan fingerprint density at radius 3 is 3.09 bits per heavy atom. The monoisotopic (exact) mass is 302 g/mol. The van der Waals surface area contributed by atoms with Gasteiger partial charge in [0.25, 0.3) is 5.91 Å². The number of methoxy groups -OCH3 is 1. The van der Waals surface area contributed by atoms with Crippen LogP contribution in [-0.2, 0) is 11.3 Å². The number of primary amides is 1. The highest BCUT2D eigenvalue weighted by Crippen LogP contribution is 2.28. The van der Waals surface area contributed by atoms with Crippen molar-refractivity contribution in [1.82, 2.24) is 14.9 Å². The van der Waals surface area contributed by atoms with Gasteiger partial charge in [-0.3, -0.25) is 4.79 Å². The molecule has 1 aliphatic rings. The average molecular weight is 302 g/mol. The molecule has 118 valence electrons. The number of nitrogens with zero attached hydrogens (tertiary/aromatic N) is 2. The largest absolute Gasteiger partial charge is 0.383 e. The Morgan fingerprint density at radius 1 is 1.55 bits per heavy atom. The maximum absolute atomic E-state index is 11.7. The molecule has 1 atom stereocenters. The molecule has 1 aliphatic heterocycles. The highest BCUT2D eigenvalue weighted by molar-refractivity contribution is 6.04. The lowest BCUT2D eigenvalue weighted by Crippen LogP contribution is -2.30. The van der Waals surface area contributed by atoms with Gasteiger partial charge in [-0.05, 0) is 31.5 Å². The second-order valence-corrected chi connectivity index (χ2v) is 5.70. The van der Waals surface area contributed by atoms with Gasteiger partial charge in [-0.25, -0.2) is 4.98 Å². The summed E-state index contributed by atoms with van der Waals surface area (Å²) in [4.78, 5) is 16.4. The van der Waals surface area contributed by atoms with Crippen LogP contribution in [0.4, 0.5) is 0 Å². The number of rotatable bonds is 5. The van der Waals surface area contributed by atoms with Gasteiger partial charge >= 0.3 is 0 Å². The molecule has 0 spiro atoms. The van der Waals surface area contributed by atoms with E-state index < -0.39 is 5.91 Å². The molecule has 0 saturated carbocycles. The molecule has 6 heteroatoms. The molecule has 6 nitrogen and oxygen atoms in total. The first-order chi connectivity index (χ1) is 10.7. The number of hydrogen-bond acceptors (Lipinski definition) is 4. The smallest absolute Gasteiger partial charge is 0.250 e. The van der Waals surface area contributed by atoms with Gasteiger partial charge in [-0.15, -0.1) is 0 Å². The fraction of sp³-hybridized carbons (Fsp3) is 0.500. The van der Waals surface area contributed by atoms with Gasteiger partial charge in [0.2, 0.25) is 0 Å².